The number of hydrogen-bond acceptors (Lipinski definition) is 5. The average Bonchev–Trinajstić information content (AvgIpc) is 2.61. The molecule has 2 aromatic heterocycles. The smallest absolute Gasteiger partial charge is 0.338 e. The lowest BCUT2D eigenvalue weighted by Crippen LogP contribution is -2.31. The lowest BCUT2D eigenvalue weighted by molar-refractivity contribution is 0.0603. The van der Waals surface area contributed by atoms with Crippen molar-refractivity contribution >= 4 is 17.0 Å². The SMILES string of the molecule is CCn1c(=O)[nH]c(=O)c2c(C(=O)OC)cc(-c3ccc(C)cc3)nc21. The molecule has 0 radical (unpaired) electrons. The number of rotatable bonds is 3. The Bertz CT molecular complexity index is 1080. The van der Waals surface area contributed by atoms with Gasteiger partial charge in [-0.2, -0.15) is 0 Å². The highest BCUT2D eigenvalue weighted by Gasteiger charge is 2.20. The summed E-state index contributed by atoms with van der Waals surface area (Å²) in [4.78, 5) is 43.3. The van der Waals surface area contributed by atoms with Crippen molar-refractivity contribution in [2.75, 3.05) is 7.11 Å². The van der Waals surface area contributed by atoms with Gasteiger partial charge in [-0.15, -0.1) is 0 Å². The molecule has 3 rings (SSSR count). The molecule has 0 saturated heterocycles. The van der Waals surface area contributed by atoms with Crippen LogP contribution in [0.2, 0.25) is 0 Å². The monoisotopic (exact) mass is 339 g/mol. The summed E-state index contributed by atoms with van der Waals surface area (Å²) in [6.07, 6.45) is 0. The maximum absolute atomic E-state index is 12.3. The van der Waals surface area contributed by atoms with Crippen molar-refractivity contribution in [1.29, 1.82) is 0 Å². The summed E-state index contributed by atoms with van der Waals surface area (Å²) >= 11 is 0. The van der Waals surface area contributed by atoms with Gasteiger partial charge < -0.3 is 4.74 Å². The molecule has 0 atom stereocenters. The van der Waals surface area contributed by atoms with Gasteiger partial charge in [-0.1, -0.05) is 29.8 Å². The fourth-order valence-corrected chi connectivity index (χ4v) is 2.71. The second kappa shape index (κ2) is 6.35. The zero-order valence-electron chi connectivity index (χ0n) is 14.1. The Morgan fingerprint density at radius 1 is 1.24 bits per heavy atom. The van der Waals surface area contributed by atoms with Gasteiger partial charge in [0.1, 0.15) is 0 Å². The van der Waals surface area contributed by atoms with Gasteiger partial charge in [-0.05, 0) is 19.9 Å². The number of hydrogen-bond donors (Lipinski definition) is 1. The van der Waals surface area contributed by atoms with Crippen molar-refractivity contribution < 1.29 is 9.53 Å². The zero-order chi connectivity index (χ0) is 18.1. The van der Waals surface area contributed by atoms with E-state index in [0.717, 1.165) is 11.1 Å². The van der Waals surface area contributed by atoms with E-state index in [0.29, 0.717) is 12.2 Å². The van der Waals surface area contributed by atoms with E-state index in [1.165, 1.54) is 17.7 Å². The van der Waals surface area contributed by atoms with Gasteiger partial charge in [-0.25, -0.2) is 14.6 Å². The van der Waals surface area contributed by atoms with Gasteiger partial charge in [0.05, 0.1) is 23.8 Å². The first-order valence-corrected chi connectivity index (χ1v) is 7.79. The molecule has 0 saturated carbocycles. The summed E-state index contributed by atoms with van der Waals surface area (Å²) in [5.41, 5.74) is 1.35. The summed E-state index contributed by atoms with van der Waals surface area (Å²) in [6, 6.07) is 9.09. The average molecular weight is 339 g/mol. The zero-order valence-corrected chi connectivity index (χ0v) is 14.1. The first kappa shape index (κ1) is 16.6. The maximum Gasteiger partial charge on any atom is 0.338 e. The molecule has 3 aromatic rings. The number of carbonyl (C=O) groups excluding carboxylic acids is 1. The van der Waals surface area contributed by atoms with E-state index in [1.54, 1.807) is 6.92 Å². The Morgan fingerprint density at radius 3 is 2.52 bits per heavy atom. The van der Waals surface area contributed by atoms with Crippen LogP contribution in [0.5, 0.6) is 0 Å². The fraction of sp³-hybridized carbons (Fsp3) is 0.222. The molecule has 128 valence electrons. The second-order valence-electron chi connectivity index (χ2n) is 5.61. The molecule has 7 nitrogen and oxygen atoms in total. The molecule has 0 unspecified atom stereocenters. The number of fused-ring (bicyclic) bond motifs is 1. The molecule has 0 amide bonds. The van der Waals surface area contributed by atoms with Crippen LogP contribution in [0.3, 0.4) is 0 Å². The Hall–Kier alpha value is -3.22. The molecule has 1 N–H and O–H groups in total. The van der Waals surface area contributed by atoms with Crippen molar-refractivity contribution in [3.63, 3.8) is 0 Å². The van der Waals surface area contributed by atoms with E-state index in [9.17, 15) is 14.4 Å². The van der Waals surface area contributed by atoms with Crippen LogP contribution < -0.4 is 11.2 Å². The molecule has 0 bridgehead atoms. The third-order valence-corrected chi connectivity index (χ3v) is 4.02. The van der Waals surface area contributed by atoms with Crippen LogP contribution in [0.4, 0.5) is 0 Å². The lowest BCUT2D eigenvalue weighted by atomic mass is 10.1. The van der Waals surface area contributed by atoms with Gasteiger partial charge in [-0.3, -0.25) is 14.3 Å². The molecular weight excluding hydrogens is 322 g/mol. The number of nitrogens with one attached hydrogen (secondary N) is 1. The Labute approximate surface area is 142 Å². The summed E-state index contributed by atoms with van der Waals surface area (Å²) < 4.78 is 6.13. The third kappa shape index (κ3) is 2.84. The van der Waals surface area contributed by atoms with Crippen LogP contribution in [0.1, 0.15) is 22.8 Å². The number of benzene rings is 1. The van der Waals surface area contributed by atoms with Crippen LogP contribution >= 0.6 is 0 Å². The van der Waals surface area contributed by atoms with Crippen LogP contribution in [-0.4, -0.2) is 27.6 Å². The molecule has 0 aliphatic carbocycles. The van der Waals surface area contributed by atoms with Crippen molar-refractivity contribution in [1.82, 2.24) is 14.5 Å². The topological polar surface area (TPSA) is 94.1 Å². The quantitative estimate of drug-likeness (QED) is 0.735. The van der Waals surface area contributed by atoms with E-state index < -0.39 is 17.2 Å². The molecule has 25 heavy (non-hydrogen) atoms. The number of aryl methyl sites for hydroxylation is 2. The molecular formula is C18H17N3O4. The molecule has 1 aromatic carbocycles. The third-order valence-electron chi connectivity index (χ3n) is 4.02. The second-order valence-corrected chi connectivity index (χ2v) is 5.61. The number of aromatic nitrogens is 3. The Balaban J connectivity index is 2.45. The number of ether oxygens (including phenoxy) is 1. The summed E-state index contributed by atoms with van der Waals surface area (Å²) in [7, 11) is 1.24. The summed E-state index contributed by atoms with van der Waals surface area (Å²) in [6.45, 7) is 4.03. The van der Waals surface area contributed by atoms with Crippen LogP contribution in [0, 0.1) is 6.92 Å². The van der Waals surface area contributed by atoms with Crippen molar-refractivity contribution in [3.8, 4) is 11.3 Å². The van der Waals surface area contributed by atoms with E-state index in [-0.39, 0.29) is 16.6 Å². The molecule has 0 fully saturated rings. The maximum atomic E-state index is 12.3. The van der Waals surface area contributed by atoms with Gasteiger partial charge in [0.2, 0.25) is 0 Å². The van der Waals surface area contributed by atoms with Crippen LogP contribution in [-0.2, 0) is 11.3 Å². The number of methoxy groups -OCH3 is 1. The normalized spacial score (nSPS) is 10.8. The highest BCUT2D eigenvalue weighted by atomic mass is 16.5. The standard InChI is InChI=1S/C18H17N3O4/c1-4-21-15-14(16(22)20-18(21)24)12(17(23)25-3)9-13(19-15)11-7-5-10(2)6-8-11/h5-9H,4H2,1-3H3,(H,20,22,24). The largest absolute Gasteiger partial charge is 0.465 e. The molecule has 7 heteroatoms. The number of nitrogens with zero attached hydrogens (tertiary/aromatic N) is 2. The molecule has 0 aliphatic heterocycles. The highest BCUT2D eigenvalue weighted by Crippen LogP contribution is 2.23. The van der Waals surface area contributed by atoms with E-state index >= 15 is 0 Å². The van der Waals surface area contributed by atoms with Crippen LogP contribution in [0.15, 0.2) is 39.9 Å². The Morgan fingerprint density at radius 2 is 1.92 bits per heavy atom. The number of aromatic amines is 1. The molecule has 0 spiro atoms. The van der Waals surface area contributed by atoms with E-state index in [2.05, 4.69) is 9.97 Å². The molecule has 0 aliphatic rings. The number of H-pyrrole nitrogens is 1. The molecule has 2 heterocycles. The predicted octanol–water partition coefficient (Wildman–Crippen LogP) is 1.87. The number of esters is 1. The number of pyridine rings is 1. The summed E-state index contributed by atoms with van der Waals surface area (Å²) in [5, 5.41) is 0.0455. The lowest BCUT2D eigenvalue weighted by Gasteiger charge is -2.11. The van der Waals surface area contributed by atoms with Crippen molar-refractivity contribution in [2.24, 2.45) is 0 Å². The Kier molecular flexibility index (Phi) is 4.22. The van der Waals surface area contributed by atoms with Crippen LogP contribution in [0.25, 0.3) is 22.3 Å². The van der Waals surface area contributed by atoms with Crippen molar-refractivity contribution in [2.45, 2.75) is 20.4 Å². The van der Waals surface area contributed by atoms with Gasteiger partial charge in [0.25, 0.3) is 5.56 Å². The predicted molar refractivity (Wildman–Crippen MR) is 93.8 cm³/mol. The van der Waals surface area contributed by atoms with Gasteiger partial charge in [0, 0.05) is 12.1 Å². The minimum Gasteiger partial charge on any atom is -0.465 e. The van der Waals surface area contributed by atoms with E-state index in [1.807, 2.05) is 31.2 Å². The van der Waals surface area contributed by atoms with Crippen molar-refractivity contribution in [3.05, 3.63) is 62.3 Å². The highest BCUT2D eigenvalue weighted by molar-refractivity contribution is 6.03. The minimum absolute atomic E-state index is 0.0455. The summed E-state index contributed by atoms with van der Waals surface area (Å²) in [5.74, 6) is -0.660. The first-order chi connectivity index (χ1) is 12.0. The fourth-order valence-electron chi connectivity index (χ4n) is 2.71. The minimum atomic E-state index is -0.660. The number of carbonyl (C=O) groups is 1. The van der Waals surface area contributed by atoms with E-state index in [4.69, 9.17) is 4.74 Å². The van der Waals surface area contributed by atoms with Gasteiger partial charge in [0.15, 0.2) is 5.65 Å². The first-order valence-electron chi connectivity index (χ1n) is 7.79. The van der Waals surface area contributed by atoms with Gasteiger partial charge >= 0.3 is 11.7 Å².